The molecule has 1 aromatic heterocycles. The van der Waals surface area contributed by atoms with E-state index in [4.69, 9.17) is 9.90 Å². The smallest absolute Gasteiger partial charge is 0.475 e. The molecule has 1 N–H and O–H groups in total. The number of fused-ring (bicyclic) bond motifs is 1. The van der Waals surface area contributed by atoms with Crippen LogP contribution >= 0.6 is 11.3 Å². The van der Waals surface area contributed by atoms with Gasteiger partial charge in [0.2, 0.25) is 0 Å². The number of benzene rings is 1. The van der Waals surface area contributed by atoms with E-state index in [1.165, 1.54) is 17.4 Å². The lowest BCUT2D eigenvalue weighted by Gasteiger charge is -2.21. The zero-order chi connectivity index (χ0) is 21.9. The molecule has 2 aromatic rings. The molecule has 2 aliphatic heterocycles. The number of nitrogens with zero attached hydrogens (tertiary/aromatic N) is 2. The number of likely N-dealkylation sites (tertiary alicyclic amines) is 2. The first-order valence-corrected chi connectivity index (χ1v) is 10.1. The number of aliphatic carboxylic acids is 1. The third-order valence-corrected chi connectivity index (χ3v) is 5.98. The number of halogens is 4. The number of alkyl halides is 3. The monoisotopic (exact) mass is 444 g/mol. The van der Waals surface area contributed by atoms with Gasteiger partial charge in [-0.15, -0.1) is 11.3 Å². The van der Waals surface area contributed by atoms with Crippen LogP contribution in [0.1, 0.15) is 15.2 Å². The number of carboxylic acid groups (broad SMARTS) is 1. The molecule has 2 fully saturated rings. The SMILES string of the molecule is O=C(O)C(F)(F)F.O=C(c1cccs1)N1CC2CN(Cc3cccc(F)c3)CC2C1. The summed E-state index contributed by atoms with van der Waals surface area (Å²) in [7, 11) is 0. The predicted octanol–water partition coefficient (Wildman–Crippen LogP) is 3.72. The normalized spacial score (nSPS) is 21.1. The molecule has 5 nitrogen and oxygen atoms in total. The second kappa shape index (κ2) is 9.13. The molecule has 4 rings (SSSR count). The molecule has 0 spiro atoms. The van der Waals surface area contributed by atoms with Gasteiger partial charge in [0, 0.05) is 32.7 Å². The molecular weight excluding hydrogens is 424 g/mol. The summed E-state index contributed by atoms with van der Waals surface area (Å²) in [5, 5.41) is 9.07. The largest absolute Gasteiger partial charge is 0.490 e. The number of carbonyl (C=O) groups excluding carboxylic acids is 1. The van der Waals surface area contributed by atoms with Crippen molar-refractivity contribution in [3.8, 4) is 0 Å². The molecule has 2 aliphatic rings. The van der Waals surface area contributed by atoms with Gasteiger partial charge in [0.05, 0.1) is 4.88 Å². The minimum absolute atomic E-state index is 0.172. The van der Waals surface area contributed by atoms with E-state index in [2.05, 4.69) is 4.90 Å². The Hall–Kier alpha value is -2.46. The standard InChI is InChI=1S/C18H19FN2OS.C2HF3O2/c19-16-4-1-3-13(7-16)8-20-9-14-11-21(12-15(14)10-20)18(22)17-5-2-6-23-17;3-2(4,5)1(6)7/h1-7,14-15H,8-12H2;(H,6,7). The molecule has 1 aromatic carbocycles. The Morgan fingerprint density at radius 3 is 2.20 bits per heavy atom. The maximum absolute atomic E-state index is 13.3. The van der Waals surface area contributed by atoms with E-state index in [1.807, 2.05) is 28.5 Å². The van der Waals surface area contributed by atoms with Crippen molar-refractivity contribution in [3.05, 3.63) is 58.0 Å². The number of hydrogen-bond donors (Lipinski definition) is 1. The van der Waals surface area contributed by atoms with E-state index in [0.717, 1.165) is 43.2 Å². The van der Waals surface area contributed by atoms with Gasteiger partial charge in [-0.2, -0.15) is 13.2 Å². The summed E-state index contributed by atoms with van der Waals surface area (Å²) in [6.07, 6.45) is -5.08. The van der Waals surface area contributed by atoms with Crippen molar-refractivity contribution in [1.29, 1.82) is 0 Å². The summed E-state index contributed by atoms with van der Waals surface area (Å²) >= 11 is 1.51. The predicted molar refractivity (Wildman–Crippen MR) is 103 cm³/mol. The molecule has 2 atom stereocenters. The van der Waals surface area contributed by atoms with E-state index >= 15 is 0 Å². The lowest BCUT2D eigenvalue weighted by molar-refractivity contribution is -0.192. The summed E-state index contributed by atoms with van der Waals surface area (Å²) in [5.41, 5.74) is 1.02. The molecule has 0 bridgehead atoms. The average Bonchev–Trinajstić information content (AvgIpc) is 3.37. The van der Waals surface area contributed by atoms with Gasteiger partial charge >= 0.3 is 12.1 Å². The van der Waals surface area contributed by atoms with Gasteiger partial charge in [-0.05, 0) is 41.0 Å². The quantitative estimate of drug-likeness (QED) is 0.733. The van der Waals surface area contributed by atoms with Gasteiger partial charge in [-0.1, -0.05) is 18.2 Å². The Morgan fingerprint density at radius 1 is 1.07 bits per heavy atom. The number of carboxylic acids is 1. The number of rotatable bonds is 3. The zero-order valence-corrected chi connectivity index (χ0v) is 16.6. The van der Waals surface area contributed by atoms with Gasteiger partial charge < -0.3 is 10.0 Å². The van der Waals surface area contributed by atoms with Crippen LogP contribution in [-0.2, 0) is 11.3 Å². The molecule has 0 saturated carbocycles. The molecule has 1 amide bonds. The van der Waals surface area contributed by atoms with Gasteiger partial charge in [-0.25, -0.2) is 9.18 Å². The summed E-state index contributed by atoms with van der Waals surface area (Å²) in [6, 6.07) is 10.7. The van der Waals surface area contributed by atoms with Crippen molar-refractivity contribution >= 4 is 23.2 Å². The van der Waals surface area contributed by atoms with E-state index < -0.39 is 12.1 Å². The molecule has 0 radical (unpaired) electrons. The molecule has 10 heteroatoms. The van der Waals surface area contributed by atoms with Crippen molar-refractivity contribution in [2.45, 2.75) is 12.7 Å². The molecule has 3 heterocycles. The van der Waals surface area contributed by atoms with E-state index in [9.17, 15) is 22.4 Å². The Balaban J connectivity index is 0.000000318. The van der Waals surface area contributed by atoms with E-state index in [-0.39, 0.29) is 11.7 Å². The summed E-state index contributed by atoms with van der Waals surface area (Å²) in [5.74, 6) is -1.66. The Bertz CT molecular complexity index is 874. The van der Waals surface area contributed by atoms with Crippen LogP contribution in [-0.4, -0.2) is 59.1 Å². The number of hydrogen-bond acceptors (Lipinski definition) is 4. The number of carbonyl (C=O) groups is 2. The topological polar surface area (TPSA) is 60.9 Å². The Kier molecular flexibility index (Phi) is 6.77. The fourth-order valence-electron chi connectivity index (χ4n) is 3.83. The average molecular weight is 444 g/mol. The highest BCUT2D eigenvalue weighted by molar-refractivity contribution is 7.12. The van der Waals surface area contributed by atoms with Gasteiger partial charge in [0.25, 0.3) is 5.91 Å². The first kappa shape index (κ1) is 22.2. The molecular formula is C20H20F4N2O3S. The van der Waals surface area contributed by atoms with Crippen LogP contribution in [0.5, 0.6) is 0 Å². The van der Waals surface area contributed by atoms with Crippen LogP contribution < -0.4 is 0 Å². The first-order chi connectivity index (χ1) is 14.1. The fourth-order valence-corrected chi connectivity index (χ4v) is 4.53. The molecule has 2 unspecified atom stereocenters. The maximum atomic E-state index is 13.3. The fraction of sp³-hybridized carbons (Fsp3) is 0.400. The van der Waals surface area contributed by atoms with Crippen molar-refractivity contribution in [1.82, 2.24) is 9.80 Å². The third kappa shape index (κ3) is 5.57. The van der Waals surface area contributed by atoms with Crippen LogP contribution in [0.2, 0.25) is 0 Å². The van der Waals surface area contributed by atoms with Crippen LogP contribution in [0.4, 0.5) is 17.6 Å². The van der Waals surface area contributed by atoms with E-state index in [1.54, 1.807) is 12.1 Å². The van der Waals surface area contributed by atoms with Crippen LogP contribution in [0.25, 0.3) is 0 Å². The Labute approximate surface area is 174 Å². The van der Waals surface area contributed by atoms with Crippen molar-refractivity contribution in [3.63, 3.8) is 0 Å². The number of thiophene rings is 1. The van der Waals surface area contributed by atoms with Gasteiger partial charge in [0.1, 0.15) is 5.82 Å². The highest BCUT2D eigenvalue weighted by Gasteiger charge is 2.41. The van der Waals surface area contributed by atoms with Crippen molar-refractivity contribution < 1.29 is 32.3 Å². The Morgan fingerprint density at radius 2 is 1.70 bits per heavy atom. The molecule has 0 aliphatic carbocycles. The highest BCUT2D eigenvalue weighted by atomic mass is 32.1. The van der Waals surface area contributed by atoms with E-state index in [0.29, 0.717) is 11.8 Å². The third-order valence-electron chi connectivity index (χ3n) is 5.12. The highest BCUT2D eigenvalue weighted by Crippen LogP contribution is 2.33. The maximum Gasteiger partial charge on any atom is 0.490 e. The van der Waals surface area contributed by atoms with Crippen LogP contribution in [0.15, 0.2) is 41.8 Å². The lowest BCUT2D eigenvalue weighted by atomic mass is 10.0. The molecule has 162 valence electrons. The summed E-state index contributed by atoms with van der Waals surface area (Å²) in [4.78, 5) is 26.5. The van der Waals surface area contributed by atoms with Crippen LogP contribution in [0.3, 0.4) is 0 Å². The van der Waals surface area contributed by atoms with Gasteiger partial charge in [0.15, 0.2) is 0 Å². The minimum atomic E-state index is -5.08. The van der Waals surface area contributed by atoms with Crippen molar-refractivity contribution in [2.24, 2.45) is 11.8 Å². The minimum Gasteiger partial charge on any atom is -0.475 e. The summed E-state index contributed by atoms with van der Waals surface area (Å²) in [6.45, 7) is 4.48. The second-order valence-electron chi connectivity index (χ2n) is 7.33. The zero-order valence-electron chi connectivity index (χ0n) is 15.8. The number of amides is 1. The van der Waals surface area contributed by atoms with Crippen LogP contribution in [0, 0.1) is 17.7 Å². The van der Waals surface area contributed by atoms with Crippen molar-refractivity contribution in [2.75, 3.05) is 26.2 Å². The molecule has 30 heavy (non-hydrogen) atoms. The molecule has 2 saturated heterocycles. The second-order valence-corrected chi connectivity index (χ2v) is 8.28. The lowest BCUT2D eigenvalue weighted by Crippen LogP contribution is -2.32. The summed E-state index contributed by atoms with van der Waals surface area (Å²) < 4.78 is 45.0. The first-order valence-electron chi connectivity index (χ1n) is 9.23. The van der Waals surface area contributed by atoms with Gasteiger partial charge in [-0.3, -0.25) is 9.69 Å².